The third-order valence-corrected chi connectivity index (χ3v) is 4.49. The van der Waals surface area contributed by atoms with Gasteiger partial charge in [-0.3, -0.25) is 0 Å². The normalized spacial score (nSPS) is 12.4. The molecule has 0 unspecified atom stereocenters. The molecule has 0 saturated carbocycles. The standard InChI is InChI=1S/C13H28BrN/c1-5-9-13(11-14,10-6-2)12-15(7-3)8-4/h5-12H2,1-4H3. The highest BCUT2D eigenvalue weighted by molar-refractivity contribution is 9.09. The fourth-order valence-corrected chi connectivity index (χ4v) is 3.18. The monoisotopic (exact) mass is 277 g/mol. The summed E-state index contributed by atoms with van der Waals surface area (Å²) in [7, 11) is 0. The van der Waals surface area contributed by atoms with Gasteiger partial charge in [0.25, 0.3) is 0 Å². The predicted molar refractivity (Wildman–Crippen MR) is 73.8 cm³/mol. The maximum Gasteiger partial charge on any atom is 0.0100 e. The number of hydrogen-bond acceptors (Lipinski definition) is 1. The summed E-state index contributed by atoms with van der Waals surface area (Å²) in [4.78, 5) is 2.56. The zero-order valence-corrected chi connectivity index (χ0v) is 12.6. The van der Waals surface area contributed by atoms with Crippen molar-refractivity contribution >= 4 is 15.9 Å². The molecule has 0 bridgehead atoms. The van der Waals surface area contributed by atoms with Crippen molar-refractivity contribution in [2.24, 2.45) is 5.41 Å². The Morgan fingerprint density at radius 1 is 0.933 bits per heavy atom. The van der Waals surface area contributed by atoms with Crippen LogP contribution in [0.3, 0.4) is 0 Å². The second kappa shape index (κ2) is 8.58. The average molecular weight is 278 g/mol. The van der Waals surface area contributed by atoms with Gasteiger partial charge in [0.2, 0.25) is 0 Å². The Morgan fingerprint density at radius 3 is 1.67 bits per heavy atom. The lowest BCUT2D eigenvalue weighted by molar-refractivity contribution is 0.157. The number of nitrogens with zero attached hydrogens (tertiary/aromatic N) is 1. The van der Waals surface area contributed by atoms with Crippen LogP contribution in [0.2, 0.25) is 0 Å². The van der Waals surface area contributed by atoms with Crippen molar-refractivity contribution in [1.29, 1.82) is 0 Å². The molecule has 0 spiro atoms. The smallest absolute Gasteiger partial charge is 0.0100 e. The van der Waals surface area contributed by atoms with Crippen LogP contribution in [0.15, 0.2) is 0 Å². The molecule has 0 saturated heterocycles. The van der Waals surface area contributed by atoms with Crippen LogP contribution < -0.4 is 0 Å². The molecule has 0 heterocycles. The Kier molecular flexibility index (Phi) is 8.83. The SMILES string of the molecule is CCCC(CBr)(CCC)CN(CC)CC. The predicted octanol–water partition coefficient (Wildman–Crippen LogP) is 4.31. The van der Waals surface area contributed by atoms with Crippen LogP contribution >= 0.6 is 15.9 Å². The minimum absolute atomic E-state index is 0.509. The van der Waals surface area contributed by atoms with Crippen LogP contribution in [0.5, 0.6) is 0 Å². The third-order valence-electron chi connectivity index (χ3n) is 3.30. The molecule has 1 nitrogen and oxygen atoms in total. The molecule has 0 aliphatic carbocycles. The van der Waals surface area contributed by atoms with Crippen LogP contribution in [0.1, 0.15) is 53.4 Å². The van der Waals surface area contributed by atoms with Crippen molar-refractivity contribution in [3.8, 4) is 0 Å². The van der Waals surface area contributed by atoms with Crippen molar-refractivity contribution in [1.82, 2.24) is 4.90 Å². The number of alkyl halides is 1. The van der Waals surface area contributed by atoms with E-state index in [-0.39, 0.29) is 0 Å². The molecule has 0 fully saturated rings. The van der Waals surface area contributed by atoms with E-state index in [1.165, 1.54) is 45.3 Å². The summed E-state index contributed by atoms with van der Waals surface area (Å²) in [6.45, 7) is 12.7. The minimum Gasteiger partial charge on any atom is -0.303 e. The van der Waals surface area contributed by atoms with Gasteiger partial charge >= 0.3 is 0 Å². The first kappa shape index (κ1) is 15.4. The Labute approximate surface area is 105 Å². The molecule has 0 N–H and O–H groups in total. The fraction of sp³-hybridized carbons (Fsp3) is 1.00. The molecule has 0 radical (unpaired) electrons. The summed E-state index contributed by atoms with van der Waals surface area (Å²) in [6, 6.07) is 0. The van der Waals surface area contributed by atoms with Crippen molar-refractivity contribution in [2.75, 3.05) is 25.0 Å². The van der Waals surface area contributed by atoms with E-state index >= 15 is 0 Å². The molecule has 0 rings (SSSR count). The Balaban J connectivity index is 4.43. The number of rotatable bonds is 9. The fourth-order valence-electron chi connectivity index (χ4n) is 2.44. The molecule has 0 aromatic rings. The molecule has 2 heteroatoms. The van der Waals surface area contributed by atoms with Crippen LogP contribution in [0, 0.1) is 5.41 Å². The first-order valence-corrected chi connectivity index (χ1v) is 7.58. The van der Waals surface area contributed by atoms with Crippen LogP contribution in [-0.4, -0.2) is 29.9 Å². The zero-order valence-electron chi connectivity index (χ0n) is 11.0. The van der Waals surface area contributed by atoms with Gasteiger partial charge < -0.3 is 4.90 Å². The lowest BCUT2D eigenvalue weighted by Crippen LogP contribution is -2.39. The van der Waals surface area contributed by atoms with E-state index in [4.69, 9.17) is 0 Å². The summed E-state index contributed by atoms with van der Waals surface area (Å²) in [5.41, 5.74) is 0.509. The average Bonchev–Trinajstić information content (AvgIpc) is 2.26. The molecule has 15 heavy (non-hydrogen) atoms. The Bertz CT molecular complexity index is 137. The van der Waals surface area contributed by atoms with E-state index in [1.807, 2.05) is 0 Å². The Morgan fingerprint density at radius 2 is 1.40 bits per heavy atom. The van der Waals surface area contributed by atoms with E-state index in [0.29, 0.717) is 5.41 Å². The first-order valence-electron chi connectivity index (χ1n) is 6.46. The summed E-state index contributed by atoms with van der Waals surface area (Å²) in [5.74, 6) is 0. The van der Waals surface area contributed by atoms with Gasteiger partial charge in [0.05, 0.1) is 0 Å². The molecule has 0 amide bonds. The van der Waals surface area contributed by atoms with Gasteiger partial charge in [0.1, 0.15) is 0 Å². The van der Waals surface area contributed by atoms with Crippen molar-refractivity contribution in [3.63, 3.8) is 0 Å². The highest BCUT2D eigenvalue weighted by Gasteiger charge is 2.28. The van der Waals surface area contributed by atoms with Crippen molar-refractivity contribution in [3.05, 3.63) is 0 Å². The Hall–Kier alpha value is 0.440. The molecule has 0 aromatic heterocycles. The largest absolute Gasteiger partial charge is 0.303 e. The van der Waals surface area contributed by atoms with E-state index in [9.17, 15) is 0 Å². The summed E-state index contributed by atoms with van der Waals surface area (Å²) in [6.07, 6.45) is 5.30. The van der Waals surface area contributed by atoms with E-state index in [0.717, 1.165) is 5.33 Å². The third kappa shape index (κ3) is 5.35. The molecular weight excluding hydrogens is 250 g/mol. The van der Waals surface area contributed by atoms with Gasteiger partial charge in [-0.25, -0.2) is 0 Å². The number of halogens is 1. The van der Waals surface area contributed by atoms with Crippen LogP contribution in [0.4, 0.5) is 0 Å². The molecule has 0 atom stereocenters. The second-order valence-electron chi connectivity index (χ2n) is 4.60. The number of hydrogen-bond donors (Lipinski definition) is 0. The van der Waals surface area contributed by atoms with E-state index in [1.54, 1.807) is 0 Å². The van der Waals surface area contributed by atoms with E-state index < -0.39 is 0 Å². The quantitative estimate of drug-likeness (QED) is 0.568. The van der Waals surface area contributed by atoms with Gasteiger partial charge in [-0.15, -0.1) is 0 Å². The lowest BCUT2D eigenvalue weighted by atomic mass is 9.80. The highest BCUT2D eigenvalue weighted by atomic mass is 79.9. The van der Waals surface area contributed by atoms with Gasteiger partial charge in [0.15, 0.2) is 0 Å². The van der Waals surface area contributed by atoms with Crippen LogP contribution in [-0.2, 0) is 0 Å². The summed E-state index contributed by atoms with van der Waals surface area (Å²) >= 11 is 3.74. The van der Waals surface area contributed by atoms with Crippen LogP contribution in [0.25, 0.3) is 0 Å². The van der Waals surface area contributed by atoms with E-state index in [2.05, 4.69) is 48.5 Å². The molecular formula is C13H28BrN. The topological polar surface area (TPSA) is 3.24 Å². The van der Waals surface area contributed by atoms with Gasteiger partial charge in [-0.05, 0) is 31.3 Å². The van der Waals surface area contributed by atoms with Crippen molar-refractivity contribution < 1.29 is 0 Å². The maximum atomic E-state index is 3.74. The van der Waals surface area contributed by atoms with Gasteiger partial charge in [0, 0.05) is 11.9 Å². The summed E-state index contributed by atoms with van der Waals surface area (Å²) < 4.78 is 0. The molecule has 0 aliphatic rings. The molecule has 0 aromatic carbocycles. The zero-order chi connectivity index (χ0) is 11.7. The maximum absolute atomic E-state index is 3.74. The van der Waals surface area contributed by atoms with Gasteiger partial charge in [-0.1, -0.05) is 56.5 Å². The minimum atomic E-state index is 0.509. The van der Waals surface area contributed by atoms with Crippen molar-refractivity contribution in [2.45, 2.75) is 53.4 Å². The highest BCUT2D eigenvalue weighted by Crippen LogP contribution is 2.33. The first-order chi connectivity index (χ1) is 7.17. The molecule has 92 valence electrons. The summed E-state index contributed by atoms with van der Waals surface area (Å²) in [5, 5.41) is 1.15. The lowest BCUT2D eigenvalue weighted by Gasteiger charge is -2.36. The molecule has 0 aliphatic heterocycles. The second-order valence-corrected chi connectivity index (χ2v) is 5.16. The van der Waals surface area contributed by atoms with Gasteiger partial charge in [-0.2, -0.15) is 0 Å².